The average Bonchev–Trinajstić information content (AvgIpc) is 2.64. The molecule has 20 heavy (non-hydrogen) atoms. The third-order valence-corrected chi connectivity index (χ3v) is 3.91. The van der Waals surface area contributed by atoms with Crippen molar-refractivity contribution in [1.29, 1.82) is 0 Å². The van der Waals surface area contributed by atoms with Crippen LogP contribution in [0.25, 0.3) is 0 Å². The molecular formula is C16H23NO3. The molecule has 1 N–H and O–H groups in total. The molecule has 1 aliphatic heterocycles. The number of aliphatic hydroxyl groups is 1. The second-order valence-electron chi connectivity index (χ2n) is 5.35. The predicted molar refractivity (Wildman–Crippen MR) is 78.7 cm³/mol. The van der Waals surface area contributed by atoms with E-state index in [2.05, 4.69) is 0 Å². The normalized spacial score (nSPS) is 20.1. The molecule has 0 aliphatic carbocycles. The van der Waals surface area contributed by atoms with Gasteiger partial charge in [0, 0.05) is 31.3 Å². The van der Waals surface area contributed by atoms with Crippen LogP contribution in [0.15, 0.2) is 24.3 Å². The molecule has 110 valence electrons. The highest BCUT2D eigenvalue weighted by atomic mass is 16.5. The van der Waals surface area contributed by atoms with E-state index in [4.69, 9.17) is 4.74 Å². The number of hydrogen-bond donors (Lipinski definition) is 1. The van der Waals surface area contributed by atoms with E-state index >= 15 is 0 Å². The Morgan fingerprint density at radius 2 is 2.25 bits per heavy atom. The van der Waals surface area contributed by atoms with Gasteiger partial charge in [-0.25, -0.2) is 0 Å². The van der Waals surface area contributed by atoms with Gasteiger partial charge in [-0.1, -0.05) is 18.2 Å². The number of carbonyl (C=O) groups excluding carboxylic acids is 1. The Morgan fingerprint density at radius 1 is 1.50 bits per heavy atom. The fourth-order valence-corrected chi connectivity index (χ4v) is 2.57. The van der Waals surface area contributed by atoms with Gasteiger partial charge in [0.2, 0.25) is 5.91 Å². The molecule has 0 spiro atoms. The first-order valence-corrected chi connectivity index (χ1v) is 7.23. The van der Waals surface area contributed by atoms with Crippen LogP contribution in [0.1, 0.15) is 44.3 Å². The Kier molecular flexibility index (Phi) is 5.15. The van der Waals surface area contributed by atoms with Crippen molar-refractivity contribution in [3.63, 3.8) is 0 Å². The van der Waals surface area contributed by atoms with Crippen molar-refractivity contribution in [1.82, 2.24) is 0 Å². The van der Waals surface area contributed by atoms with Gasteiger partial charge in [-0.3, -0.25) is 4.79 Å². The second-order valence-corrected chi connectivity index (χ2v) is 5.35. The van der Waals surface area contributed by atoms with Crippen molar-refractivity contribution in [2.24, 2.45) is 0 Å². The zero-order valence-corrected chi connectivity index (χ0v) is 12.2. The van der Waals surface area contributed by atoms with Crippen molar-refractivity contribution in [3.8, 4) is 0 Å². The van der Waals surface area contributed by atoms with Gasteiger partial charge in [0.15, 0.2) is 0 Å². The summed E-state index contributed by atoms with van der Waals surface area (Å²) >= 11 is 0. The first-order chi connectivity index (χ1) is 9.63. The molecule has 0 saturated heterocycles. The fourth-order valence-electron chi connectivity index (χ4n) is 2.57. The summed E-state index contributed by atoms with van der Waals surface area (Å²) in [5, 5.41) is 10.1. The van der Waals surface area contributed by atoms with Gasteiger partial charge in [0.25, 0.3) is 0 Å². The van der Waals surface area contributed by atoms with Gasteiger partial charge in [-0.15, -0.1) is 0 Å². The molecule has 4 heteroatoms. The smallest absolute Gasteiger partial charge is 0.227 e. The van der Waals surface area contributed by atoms with Crippen LogP contribution in [0.4, 0.5) is 5.69 Å². The highest BCUT2D eigenvalue weighted by Gasteiger charge is 2.24. The minimum atomic E-state index is -0.470. The number of hydrogen-bond acceptors (Lipinski definition) is 3. The first kappa shape index (κ1) is 15.0. The first-order valence-electron chi connectivity index (χ1n) is 7.23. The van der Waals surface area contributed by atoms with E-state index in [1.807, 2.05) is 36.1 Å². The molecule has 2 unspecified atom stereocenters. The van der Waals surface area contributed by atoms with E-state index in [-0.39, 0.29) is 12.0 Å². The molecule has 1 amide bonds. The number of nitrogens with zero attached hydrogens (tertiary/aromatic N) is 1. The molecule has 0 radical (unpaired) electrons. The van der Waals surface area contributed by atoms with Crippen molar-refractivity contribution in [3.05, 3.63) is 29.8 Å². The minimum Gasteiger partial charge on any atom is -0.388 e. The van der Waals surface area contributed by atoms with Gasteiger partial charge >= 0.3 is 0 Å². The molecule has 1 heterocycles. The van der Waals surface area contributed by atoms with Crippen LogP contribution in [0, 0.1) is 0 Å². The van der Waals surface area contributed by atoms with Crippen LogP contribution < -0.4 is 4.90 Å². The summed E-state index contributed by atoms with van der Waals surface area (Å²) in [6, 6.07) is 7.64. The predicted octanol–water partition coefficient (Wildman–Crippen LogP) is 2.66. The maximum Gasteiger partial charge on any atom is 0.227 e. The molecule has 4 nitrogen and oxygen atoms in total. The zero-order chi connectivity index (χ0) is 14.5. The maximum absolute atomic E-state index is 12.4. The number of aliphatic hydroxyl groups excluding tert-OH is 1. The molecule has 1 aromatic carbocycles. The molecule has 1 aromatic rings. The lowest BCUT2D eigenvalue weighted by atomic mass is 10.0. The maximum atomic E-state index is 12.4. The summed E-state index contributed by atoms with van der Waals surface area (Å²) in [6.07, 6.45) is 2.33. The Balaban J connectivity index is 2.15. The van der Waals surface area contributed by atoms with E-state index < -0.39 is 6.10 Å². The highest BCUT2D eigenvalue weighted by molar-refractivity contribution is 5.94. The third-order valence-electron chi connectivity index (χ3n) is 3.91. The van der Waals surface area contributed by atoms with E-state index in [0.717, 1.165) is 24.1 Å². The summed E-state index contributed by atoms with van der Waals surface area (Å²) in [5.41, 5.74) is 1.71. The topological polar surface area (TPSA) is 49.8 Å². The zero-order valence-electron chi connectivity index (χ0n) is 12.2. The Morgan fingerprint density at radius 3 is 3.00 bits per heavy atom. The van der Waals surface area contributed by atoms with E-state index in [9.17, 15) is 9.90 Å². The highest BCUT2D eigenvalue weighted by Crippen LogP contribution is 2.33. The molecule has 0 bridgehead atoms. The third kappa shape index (κ3) is 3.38. The second kappa shape index (κ2) is 6.86. The standard InChI is InChI=1S/C16H23NO3/c1-12(20-2)9-10-16(19)17-11-5-8-15(18)13-6-3-4-7-14(13)17/h3-4,6-7,12,15,18H,5,8-11H2,1-2H3. The number of rotatable bonds is 4. The van der Waals surface area contributed by atoms with Gasteiger partial charge in [0.1, 0.15) is 0 Å². The van der Waals surface area contributed by atoms with Crippen LogP contribution in [-0.4, -0.2) is 30.8 Å². The number of benzene rings is 1. The summed E-state index contributed by atoms with van der Waals surface area (Å²) < 4.78 is 5.19. The summed E-state index contributed by atoms with van der Waals surface area (Å²) in [6.45, 7) is 2.64. The summed E-state index contributed by atoms with van der Waals surface area (Å²) in [7, 11) is 1.66. The van der Waals surface area contributed by atoms with Crippen LogP contribution >= 0.6 is 0 Å². The minimum absolute atomic E-state index is 0.0896. The SMILES string of the molecule is COC(C)CCC(=O)N1CCCC(O)c2ccccc21. The van der Waals surface area contributed by atoms with Crippen LogP contribution in [0.3, 0.4) is 0 Å². The molecule has 0 aromatic heterocycles. The molecule has 2 atom stereocenters. The molecule has 2 rings (SSSR count). The lowest BCUT2D eigenvalue weighted by Crippen LogP contribution is -2.32. The summed E-state index contributed by atoms with van der Waals surface area (Å²) in [5.74, 6) is 0.107. The van der Waals surface area contributed by atoms with Gasteiger partial charge in [-0.2, -0.15) is 0 Å². The van der Waals surface area contributed by atoms with Crippen molar-refractivity contribution in [2.75, 3.05) is 18.6 Å². The van der Waals surface area contributed by atoms with Crippen molar-refractivity contribution in [2.45, 2.75) is 44.8 Å². The van der Waals surface area contributed by atoms with Crippen LogP contribution in [0.2, 0.25) is 0 Å². The lowest BCUT2D eigenvalue weighted by Gasteiger charge is -2.23. The number of anilines is 1. The van der Waals surface area contributed by atoms with Gasteiger partial charge < -0.3 is 14.7 Å². The molecule has 0 saturated carbocycles. The number of amides is 1. The Hall–Kier alpha value is -1.39. The number of ether oxygens (including phenoxy) is 1. The summed E-state index contributed by atoms with van der Waals surface area (Å²) in [4.78, 5) is 14.2. The monoisotopic (exact) mass is 277 g/mol. The van der Waals surface area contributed by atoms with E-state index in [1.165, 1.54) is 0 Å². The van der Waals surface area contributed by atoms with Crippen molar-refractivity contribution < 1.29 is 14.6 Å². The Labute approximate surface area is 120 Å². The number of fused-ring (bicyclic) bond motifs is 1. The molecular weight excluding hydrogens is 254 g/mol. The number of methoxy groups -OCH3 is 1. The molecule has 0 fully saturated rings. The van der Waals surface area contributed by atoms with E-state index in [0.29, 0.717) is 19.4 Å². The molecule has 1 aliphatic rings. The fraction of sp³-hybridized carbons (Fsp3) is 0.562. The van der Waals surface area contributed by atoms with E-state index in [1.54, 1.807) is 7.11 Å². The van der Waals surface area contributed by atoms with Crippen LogP contribution in [-0.2, 0) is 9.53 Å². The quantitative estimate of drug-likeness (QED) is 0.920. The lowest BCUT2D eigenvalue weighted by molar-refractivity contribution is -0.119. The van der Waals surface area contributed by atoms with Crippen molar-refractivity contribution >= 4 is 11.6 Å². The Bertz CT molecular complexity index is 461. The number of para-hydroxylation sites is 1. The van der Waals surface area contributed by atoms with Gasteiger partial charge in [-0.05, 0) is 32.3 Å². The van der Waals surface area contributed by atoms with Gasteiger partial charge in [0.05, 0.1) is 12.2 Å². The largest absolute Gasteiger partial charge is 0.388 e. The average molecular weight is 277 g/mol. The van der Waals surface area contributed by atoms with Crippen LogP contribution in [0.5, 0.6) is 0 Å². The number of carbonyl (C=O) groups is 1.